The van der Waals surface area contributed by atoms with Gasteiger partial charge in [-0.1, -0.05) is 0 Å². The highest BCUT2D eigenvalue weighted by molar-refractivity contribution is 6.07. The molecule has 1 fully saturated rings. The topological polar surface area (TPSA) is 58.6 Å². The second kappa shape index (κ2) is 5.30. The van der Waals surface area contributed by atoms with Gasteiger partial charge >= 0.3 is 0 Å². The number of carbonyl (C=O) groups is 2. The molecule has 1 aliphatic rings. The normalized spacial score (nSPS) is 19.2. The molecule has 0 aliphatic carbocycles. The van der Waals surface area contributed by atoms with Crippen molar-refractivity contribution >= 4 is 17.5 Å². The monoisotopic (exact) mass is 262 g/mol. The standard InChI is InChI=1S/C14H18N2O3/c1-9(2)16-13(17)8-12(14(16)18)15-10-4-6-11(19-3)7-5-10/h4-7,9,12,15H,8H2,1-3H3/t12-/m0/s1. The number of nitrogens with one attached hydrogen (secondary N) is 1. The Balaban J connectivity index is 2.07. The number of methoxy groups -OCH3 is 1. The van der Waals surface area contributed by atoms with Crippen molar-refractivity contribution in [1.82, 2.24) is 4.90 Å². The first-order valence-electron chi connectivity index (χ1n) is 6.29. The smallest absolute Gasteiger partial charge is 0.252 e. The summed E-state index contributed by atoms with van der Waals surface area (Å²) in [7, 11) is 1.60. The molecular weight excluding hydrogens is 244 g/mol. The van der Waals surface area contributed by atoms with Crippen LogP contribution >= 0.6 is 0 Å². The third-order valence-electron chi connectivity index (χ3n) is 3.13. The lowest BCUT2D eigenvalue weighted by Gasteiger charge is -2.19. The average Bonchev–Trinajstić information content (AvgIpc) is 2.65. The van der Waals surface area contributed by atoms with Crippen LogP contribution in [0.25, 0.3) is 0 Å². The molecule has 2 amide bonds. The van der Waals surface area contributed by atoms with Crippen LogP contribution in [-0.4, -0.2) is 35.9 Å². The zero-order valence-electron chi connectivity index (χ0n) is 11.3. The van der Waals surface area contributed by atoms with Gasteiger partial charge in [-0.25, -0.2) is 0 Å². The Kier molecular flexibility index (Phi) is 3.74. The van der Waals surface area contributed by atoms with Crippen LogP contribution in [0.5, 0.6) is 5.75 Å². The van der Waals surface area contributed by atoms with Crippen molar-refractivity contribution in [2.24, 2.45) is 0 Å². The maximum atomic E-state index is 12.1. The van der Waals surface area contributed by atoms with Gasteiger partial charge in [0.15, 0.2) is 0 Å². The molecule has 0 spiro atoms. The van der Waals surface area contributed by atoms with Crippen LogP contribution in [-0.2, 0) is 9.59 Å². The number of imide groups is 1. The summed E-state index contributed by atoms with van der Waals surface area (Å²) >= 11 is 0. The quantitative estimate of drug-likeness (QED) is 0.838. The van der Waals surface area contributed by atoms with E-state index in [2.05, 4.69) is 5.32 Å². The Labute approximate surface area is 112 Å². The van der Waals surface area contributed by atoms with Crippen LogP contribution in [0.15, 0.2) is 24.3 Å². The highest BCUT2D eigenvalue weighted by atomic mass is 16.5. The number of ether oxygens (including phenoxy) is 1. The van der Waals surface area contributed by atoms with Gasteiger partial charge in [-0.3, -0.25) is 14.5 Å². The molecule has 5 heteroatoms. The molecule has 1 heterocycles. The minimum absolute atomic E-state index is 0.0948. The van der Waals surface area contributed by atoms with Gasteiger partial charge in [-0.15, -0.1) is 0 Å². The molecule has 0 radical (unpaired) electrons. The molecule has 0 aromatic heterocycles. The van der Waals surface area contributed by atoms with Gasteiger partial charge in [0.2, 0.25) is 5.91 Å². The summed E-state index contributed by atoms with van der Waals surface area (Å²) < 4.78 is 5.07. The third-order valence-corrected chi connectivity index (χ3v) is 3.13. The molecule has 1 aliphatic heterocycles. The molecule has 1 atom stereocenters. The highest BCUT2D eigenvalue weighted by Gasteiger charge is 2.39. The zero-order valence-corrected chi connectivity index (χ0v) is 11.3. The molecule has 19 heavy (non-hydrogen) atoms. The van der Waals surface area contributed by atoms with E-state index in [1.54, 1.807) is 7.11 Å². The number of rotatable bonds is 4. The van der Waals surface area contributed by atoms with Gasteiger partial charge in [-0.2, -0.15) is 0 Å². The number of benzene rings is 1. The summed E-state index contributed by atoms with van der Waals surface area (Å²) in [4.78, 5) is 25.2. The number of hydrogen-bond donors (Lipinski definition) is 1. The summed E-state index contributed by atoms with van der Waals surface area (Å²) in [6.45, 7) is 3.68. The Morgan fingerprint density at radius 2 is 1.89 bits per heavy atom. The number of carbonyl (C=O) groups excluding carboxylic acids is 2. The minimum atomic E-state index is -0.469. The molecule has 0 bridgehead atoms. The van der Waals surface area contributed by atoms with Gasteiger partial charge in [0.05, 0.1) is 13.5 Å². The van der Waals surface area contributed by atoms with Crippen molar-refractivity contribution in [3.05, 3.63) is 24.3 Å². The Bertz CT molecular complexity index is 482. The number of nitrogens with zero attached hydrogens (tertiary/aromatic N) is 1. The molecule has 0 unspecified atom stereocenters. The Hall–Kier alpha value is -2.04. The number of anilines is 1. The van der Waals surface area contributed by atoms with Gasteiger partial charge in [0, 0.05) is 11.7 Å². The molecule has 1 saturated heterocycles. The van der Waals surface area contributed by atoms with Gasteiger partial charge in [-0.05, 0) is 38.1 Å². The SMILES string of the molecule is COc1ccc(N[C@H]2CC(=O)N(C(C)C)C2=O)cc1. The summed E-state index contributed by atoms with van der Waals surface area (Å²) in [6.07, 6.45) is 0.211. The van der Waals surface area contributed by atoms with Crippen molar-refractivity contribution in [2.75, 3.05) is 12.4 Å². The third kappa shape index (κ3) is 2.70. The predicted octanol–water partition coefficient (Wildman–Crippen LogP) is 1.64. The summed E-state index contributed by atoms with van der Waals surface area (Å²) in [5, 5.41) is 3.09. The second-order valence-electron chi connectivity index (χ2n) is 4.83. The lowest BCUT2D eigenvalue weighted by atomic mass is 10.2. The predicted molar refractivity (Wildman–Crippen MR) is 72.0 cm³/mol. The van der Waals surface area contributed by atoms with Crippen molar-refractivity contribution in [3.63, 3.8) is 0 Å². The maximum absolute atomic E-state index is 12.1. The van der Waals surface area contributed by atoms with Crippen LogP contribution in [0, 0.1) is 0 Å². The lowest BCUT2D eigenvalue weighted by Crippen LogP contribution is -2.39. The average molecular weight is 262 g/mol. The molecule has 1 aromatic rings. The molecule has 1 N–H and O–H groups in total. The van der Waals surface area contributed by atoms with E-state index in [1.807, 2.05) is 38.1 Å². The van der Waals surface area contributed by atoms with Crippen LogP contribution in [0.2, 0.25) is 0 Å². The Morgan fingerprint density at radius 3 is 2.37 bits per heavy atom. The molecule has 2 rings (SSSR count). The van der Waals surface area contributed by atoms with E-state index in [0.717, 1.165) is 11.4 Å². The fourth-order valence-corrected chi connectivity index (χ4v) is 2.19. The largest absolute Gasteiger partial charge is 0.497 e. The van der Waals surface area contributed by atoms with E-state index in [0.29, 0.717) is 0 Å². The van der Waals surface area contributed by atoms with E-state index in [9.17, 15) is 9.59 Å². The van der Waals surface area contributed by atoms with Crippen molar-refractivity contribution in [3.8, 4) is 5.75 Å². The first-order chi connectivity index (χ1) is 9.02. The van der Waals surface area contributed by atoms with Crippen molar-refractivity contribution < 1.29 is 14.3 Å². The van der Waals surface area contributed by atoms with Gasteiger partial charge < -0.3 is 10.1 Å². The van der Waals surface area contributed by atoms with Gasteiger partial charge in [0.25, 0.3) is 5.91 Å². The van der Waals surface area contributed by atoms with Crippen LogP contribution < -0.4 is 10.1 Å². The number of amides is 2. The number of hydrogen-bond acceptors (Lipinski definition) is 4. The fourth-order valence-electron chi connectivity index (χ4n) is 2.19. The van der Waals surface area contributed by atoms with Crippen molar-refractivity contribution in [2.45, 2.75) is 32.4 Å². The second-order valence-corrected chi connectivity index (χ2v) is 4.83. The summed E-state index contributed by atoms with van der Waals surface area (Å²) in [5.74, 6) is 0.477. The van der Waals surface area contributed by atoms with E-state index in [1.165, 1.54) is 4.90 Å². The molecule has 102 valence electrons. The first-order valence-corrected chi connectivity index (χ1v) is 6.29. The van der Waals surface area contributed by atoms with Crippen LogP contribution in [0.1, 0.15) is 20.3 Å². The lowest BCUT2D eigenvalue weighted by molar-refractivity contribution is -0.140. The molecule has 0 saturated carbocycles. The number of likely N-dealkylation sites (tertiary alicyclic amines) is 1. The molecular formula is C14H18N2O3. The molecule has 1 aromatic carbocycles. The van der Waals surface area contributed by atoms with Crippen LogP contribution in [0.3, 0.4) is 0 Å². The zero-order chi connectivity index (χ0) is 14.0. The first kappa shape index (κ1) is 13.4. The summed E-state index contributed by atoms with van der Waals surface area (Å²) in [5.41, 5.74) is 0.803. The van der Waals surface area contributed by atoms with Crippen LogP contribution in [0.4, 0.5) is 5.69 Å². The summed E-state index contributed by atoms with van der Waals surface area (Å²) in [6, 6.07) is 6.71. The van der Waals surface area contributed by atoms with E-state index < -0.39 is 6.04 Å². The minimum Gasteiger partial charge on any atom is -0.497 e. The van der Waals surface area contributed by atoms with E-state index in [4.69, 9.17) is 4.74 Å². The maximum Gasteiger partial charge on any atom is 0.252 e. The molecule has 5 nitrogen and oxygen atoms in total. The van der Waals surface area contributed by atoms with E-state index >= 15 is 0 Å². The fraction of sp³-hybridized carbons (Fsp3) is 0.429. The van der Waals surface area contributed by atoms with Crippen molar-refractivity contribution in [1.29, 1.82) is 0 Å². The van der Waals surface area contributed by atoms with Gasteiger partial charge in [0.1, 0.15) is 11.8 Å². The Morgan fingerprint density at radius 1 is 1.26 bits per heavy atom. The highest BCUT2D eigenvalue weighted by Crippen LogP contribution is 2.21. The van der Waals surface area contributed by atoms with E-state index in [-0.39, 0.29) is 24.3 Å².